The summed E-state index contributed by atoms with van der Waals surface area (Å²) in [6.07, 6.45) is 5.30. The van der Waals surface area contributed by atoms with Gasteiger partial charge in [-0.2, -0.15) is 5.26 Å². The van der Waals surface area contributed by atoms with E-state index >= 15 is 0 Å². The fraction of sp³-hybridized carbons (Fsp3) is 0.692. The Bertz CT molecular complexity index is 360. The Morgan fingerprint density at radius 1 is 1.11 bits per heavy atom. The van der Waals surface area contributed by atoms with Gasteiger partial charge in [-0.25, -0.2) is 0 Å². The summed E-state index contributed by atoms with van der Waals surface area (Å²) in [4.78, 5) is 16.0. The Kier molecular flexibility index (Phi) is 4.59. The molecule has 2 fully saturated rings. The van der Waals surface area contributed by atoms with Gasteiger partial charge in [-0.1, -0.05) is 0 Å². The Balaban J connectivity index is 2.00. The molecule has 0 bridgehead atoms. The molecule has 1 N–H and O–H groups in total. The van der Waals surface area contributed by atoms with Gasteiger partial charge >= 0.3 is 0 Å². The fourth-order valence-electron chi connectivity index (χ4n) is 2.40. The van der Waals surface area contributed by atoms with E-state index in [9.17, 15) is 4.79 Å². The second kappa shape index (κ2) is 6.41. The molecule has 98 valence electrons. The summed E-state index contributed by atoms with van der Waals surface area (Å²) in [6.45, 7) is 4.93. The monoisotopic (exact) mass is 248 g/mol. The number of hydrogen-bond acceptors (Lipinski definition) is 4. The van der Waals surface area contributed by atoms with Crippen LogP contribution >= 0.6 is 0 Å². The molecule has 5 nitrogen and oxygen atoms in total. The van der Waals surface area contributed by atoms with Crippen LogP contribution < -0.4 is 5.32 Å². The second-order valence-electron chi connectivity index (χ2n) is 4.79. The zero-order valence-electron chi connectivity index (χ0n) is 10.7. The van der Waals surface area contributed by atoms with Crippen molar-refractivity contribution in [2.24, 2.45) is 0 Å². The number of hydrogen-bond donors (Lipinski definition) is 1. The molecule has 1 amide bonds. The summed E-state index contributed by atoms with van der Waals surface area (Å²) in [5, 5.41) is 12.4. The summed E-state index contributed by atoms with van der Waals surface area (Å²) in [5.74, 6) is -0.121. The van der Waals surface area contributed by atoms with Crippen molar-refractivity contribution in [1.82, 2.24) is 15.1 Å². The quantitative estimate of drug-likeness (QED) is 0.564. The molecular weight excluding hydrogens is 228 g/mol. The number of amides is 1. The minimum atomic E-state index is -0.121. The number of piperazine rings is 1. The van der Waals surface area contributed by atoms with E-state index in [0.29, 0.717) is 13.1 Å². The minimum absolute atomic E-state index is 0.121. The van der Waals surface area contributed by atoms with Gasteiger partial charge in [0.1, 0.15) is 11.6 Å². The van der Waals surface area contributed by atoms with Crippen LogP contribution in [0.25, 0.3) is 0 Å². The first kappa shape index (κ1) is 12.9. The Morgan fingerprint density at radius 2 is 1.78 bits per heavy atom. The molecular formula is C13H20N4O. The van der Waals surface area contributed by atoms with Gasteiger partial charge in [0.05, 0.1) is 0 Å². The maximum absolute atomic E-state index is 12.2. The Hall–Kier alpha value is -1.54. The van der Waals surface area contributed by atoms with Gasteiger partial charge in [0.2, 0.25) is 0 Å². The molecule has 0 radical (unpaired) electrons. The number of nitrogens with one attached hydrogen (secondary N) is 1. The molecule has 2 rings (SSSR count). The zero-order valence-corrected chi connectivity index (χ0v) is 10.7. The molecule has 0 atom stereocenters. The molecule has 0 aromatic carbocycles. The van der Waals surface area contributed by atoms with Gasteiger partial charge in [-0.05, 0) is 19.3 Å². The lowest BCUT2D eigenvalue weighted by molar-refractivity contribution is -0.127. The van der Waals surface area contributed by atoms with Crippen molar-refractivity contribution in [2.45, 2.75) is 19.3 Å². The van der Waals surface area contributed by atoms with E-state index in [1.807, 2.05) is 0 Å². The molecule has 2 aliphatic rings. The van der Waals surface area contributed by atoms with Crippen LogP contribution in [0.4, 0.5) is 0 Å². The maximum Gasteiger partial charge on any atom is 0.266 e. The van der Waals surface area contributed by atoms with Crippen molar-refractivity contribution in [3.63, 3.8) is 0 Å². The van der Waals surface area contributed by atoms with Crippen molar-refractivity contribution in [2.75, 3.05) is 39.3 Å². The van der Waals surface area contributed by atoms with E-state index in [0.717, 1.165) is 39.0 Å². The highest BCUT2D eigenvalue weighted by atomic mass is 16.2. The normalized spacial score (nSPS) is 21.6. The van der Waals surface area contributed by atoms with E-state index in [2.05, 4.69) is 16.3 Å². The molecule has 0 aliphatic carbocycles. The Morgan fingerprint density at radius 3 is 2.39 bits per heavy atom. The van der Waals surface area contributed by atoms with Crippen molar-refractivity contribution in [3.05, 3.63) is 11.8 Å². The van der Waals surface area contributed by atoms with Crippen LogP contribution in [0, 0.1) is 11.3 Å². The van der Waals surface area contributed by atoms with Gasteiger partial charge in [-0.15, -0.1) is 0 Å². The molecule has 2 heterocycles. The molecule has 2 saturated heterocycles. The molecule has 2 aliphatic heterocycles. The van der Waals surface area contributed by atoms with Crippen LogP contribution in [0.1, 0.15) is 19.3 Å². The van der Waals surface area contributed by atoms with Crippen molar-refractivity contribution >= 4 is 5.91 Å². The number of likely N-dealkylation sites (tertiary alicyclic amines) is 1. The summed E-state index contributed by atoms with van der Waals surface area (Å²) < 4.78 is 0. The second-order valence-corrected chi connectivity index (χ2v) is 4.79. The zero-order chi connectivity index (χ0) is 12.8. The third-order valence-electron chi connectivity index (χ3n) is 3.46. The lowest BCUT2D eigenvalue weighted by atomic mass is 10.1. The van der Waals surface area contributed by atoms with Crippen LogP contribution in [0.5, 0.6) is 0 Å². The number of nitriles is 1. The van der Waals surface area contributed by atoms with Crippen LogP contribution in [-0.2, 0) is 4.79 Å². The van der Waals surface area contributed by atoms with E-state index in [4.69, 9.17) is 5.26 Å². The van der Waals surface area contributed by atoms with Gasteiger partial charge in [0.25, 0.3) is 5.91 Å². The molecule has 18 heavy (non-hydrogen) atoms. The SMILES string of the molecule is N#C/C(=C/N1CCCCC1)C(=O)N1CCNCC1. The van der Waals surface area contributed by atoms with Gasteiger partial charge in [0, 0.05) is 45.5 Å². The lowest BCUT2D eigenvalue weighted by Crippen LogP contribution is -2.47. The standard InChI is InChI=1S/C13H20N4O/c14-10-12(11-16-6-2-1-3-7-16)13(18)17-8-4-15-5-9-17/h11,15H,1-9H2/b12-11-. The largest absolute Gasteiger partial charge is 0.376 e. The number of carbonyl (C=O) groups is 1. The topological polar surface area (TPSA) is 59.4 Å². The summed E-state index contributed by atoms with van der Waals surface area (Å²) in [7, 11) is 0. The fourth-order valence-corrected chi connectivity index (χ4v) is 2.40. The third kappa shape index (κ3) is 3.23. The van der Waals surface area contributed by atoms with Crippen LogP contribution in [0.15, 0.2) is 11.8 Å². The van der Waals surface area contributed by atoms with E-state index in [-0.39, 0.29) is 11.5 Å². The van der Waals surface area contributed by atoms with Gasteiger partial charge in [0.15, 0.2) is 0 Å². The van der Waals surface area contributed by atoms with E-state index < -0.39 is 0 Å². The molecule has 0 aromatic heterocycles. The van der Waals surface area contributed by atoms with E-state index in [1.165, 1.54) is 6.42 Å². The summed E-state index contributed by atoms with van der Waals surface area (Å²) >= 11 is 0. The average Bonchev–Trinajstić information content (AvgIpc) is 2.46. The predicted molar refractivity (Wildman–Crippen MR) is 68.6 cm³/mol. The highest BCUT2D eigenvalue weighted by Gasteiger charge is 2.21. The average molecular weight is 248 g/mol. The number of piperidine rings is 1. The minimum Gasteiger partial charge on any atom is -0.376 e. The Labute approximate surface area is 108 Å². The summed E-state index contributed by atoms with van der Waals surface area (Å²) in [5.41, 5.74) is 0.277. The highest BCUT2D eigenvalue weighted by molar-refractivity contribution is 5.97. The van der Waals surface area contributed by atoms with Crippen molar-refractivity contribution < 1.29 is 4.79 Å². The molecule has 0 unspecified atom stereocenters. The van der Waals surface area contributed by atoms with Crippen molar-refractivity contribution in [3.8, 4) is 6.07 Å². The van der Waals surface area contributed by atoms with Gasteiger partial charge in [-0.3, -0.25) is 4.79 Å². The van der Waals surface area contributed by atoms with Crippen LogP contribution in [0.2, 0.25) is 0 Å². The highest BCUT2D eigenvalue weighted by Crippen LogP contribution is 2.11. The van der Waals surface area contributed by atoms with E-state index in [1.54, 1.807) is 11.1 Å². The summed E-state index contributed by atoms with van der Waals surface area (Å²) in [6, 6.07) is 2.05. The van der Waals surface area contributed by atoms with Crippen molar-refractivity contribution in [1.29, 1.82) is 5.26 Å². The lowest BCUT2D eigenvalue weighted by Gasteiger charge is -2.29. The van der Waals surface area contributed by atoms with Crippen LogP contribution in [0.3, 0.4) is 0 Å². The molecule has 5 heteroatoms. The number of rotatable bonds is 2. The first-order valence-corrected chi connectivity index (χ1v) is 6.67. The molecule has 0 spiro atoms. The predicted octanol–water partition coefficient (Wildman–Crippen LogP) is 0.312. The van der Waals surface area contributed by atoms with Gasteiger partial charge < -0.3 is 15.1 Å². The number of carbonyl (C=O) groups excluding carboxylic acids is 1. The third-order valence-corrected chi connectivity index (χ3v) is 3.46. The maximum atomic E-state index is 12.2. The first-order valence-electron chi connectivity index (χ1n) is 6.67. The number of nitrogens with zero attached hydrogens (tertiary/aromatic N) is 3. The molecule has 0 saturated carbocycles. The molecule has 0 aromatic rings. The van der Waals surface area contributed by atoms with Crippen LogP contribution in [-0.4, -0.2) is 55.0 Å². The smallest absolute Gasteiger partial charge is 0.266 e. The first-order chi connectivity index (χ1) is 8.81.